The van der Waals surface area contributed by atoms with Gasteiger partial charge in [-0.05, 0) is 30.6 Å². The summed E-state index contributed by atoms with van der Waals surface area (Å²) in [6.07, 6.45) is 3.30. The fraction of sp³-hybridized carbons (Fsp3) is 0.765. The zero-order valence-corrected chi connectivity index (χ0v) is 13.9. The SMILES string of the molecule is CC1(C)C[C@]2(CO)CN(C(=O)c3cc(N4CCCC4)no3)C[C@H]12. The van der Waals surface area contributed by atoms with Crippen LogP contribution in [0.15, 0.2) is 10.6 Å². The second-order valence-corrected chi connectivity index (χ2v) is 8.17. The molecule has 1 amide bonds. The fourth-order valence-corrected chi connectivity index (χ4v) is 5.11. The predicted octanol–water partition coefficient (Wildman–Crippen LogP) is 1.76. The van der Waals surface area contributed by atoms with Crippen molar-refractivity contribution in [2.24, 2.45) is 16.7 Å². The molecule has 3 aliphatic rings. The van der Waals surface area contributed by atoms with Crippen molar-refractivity contribution in [3.05, 3.63) is 11.8 Å². The highest BCUT2D eigenvalue weighted by atomic mass is 16.5. The molecule has 2 saturated heterocycles. The van der Waals surface area contributed by atoms with Crippen LogP contribution >= 0.6 is 0 Å². The first-order valence-corrected chi connectivity index (χ1v) is 8.57. The minimum Gasteiger partial charge on any atom is -0.396 e. The van der Waals surface area contributed by atoms with Gasteiger partial charge in [0.1, 0.15) is 0 Å². The number of fused-ring (bicyclic) bond motifs is 1. The Hall–Kier alpha value is -1.56. The topological polar surface area (TPSA) is 69.8 Å². The van der Waals surface area contributed by atoms with Gasteiger partial charge in [-0.3, -0.25) is 4.79 Å². The number of hydrogen-bond donors (Lipinski definition) is 1. The molecule has 2 atom stereocenters. The number of carbonyl (C=O) groups excluding carboxylic acids is 1. The molecule has 4 rings (SSSR count). The first kappa shape index (κ1) is 15.0. The van der Waals surface area contributed by atoms with Crippen LogP contribution in [0, 0.1) is 16.7 Å². The molecule has 6 nitrogen and oxygen atoms in total. The van der Waals surface area contributed by atoms with Gasteiger partial charge in [0.2, 0.25) is 5.76 Å². The number of rotatable bonds is 3. The van der Waals surface area contributed by atoms with Crippen LogP contribution in [-0.4, -0.2) is 53.9 Å². The van der Waals surface area contributed by atoms with E-state index < -0.39 is 0 Å². The number of anilines is 1. The van der Waals surface area contributed by atoms with Gasteiger partial charge in [0, 0.05) is 37.7 Å². The van der Waals surface area contributed by atoms with Crippen molar-refractivity contribution in [1.29, 1.82) is 0 Å². The van der Waals surface area contributed by atoms with Crippen LogP contribution in [0.5, 0.6) is 0 Å². The van der Waals surface area contributed by atoms with Crippen molar-refractivity contribution in [3.8, 4) is 0 Å². The van der Waals surface area contributed by atoms with E-state index in [0.717, 1.165) is 38.2 Å². The van der Waals surface area contributed by atoms with Crippen LogP contribution in [-0.2, 0) is 0 Å². The monoisotopic (exact) mass is 319 g/mol. The molecule has 1 N–H and O–H groups in total. The zero-order valence-electron chi connectivity index (χ0n) is 13.9. The second kappa shape index (κ2) is 4.97. The molecular formula is C17H25N3O3. The van der Waals surface area contributed by atoms with E-state index in [-0.39, 0.29) is 23.3 Å². The molecule has 0 radical (unpaired) electrons. The number of aliphatic hydroxyl groups is 1. The van der Waals surface area contributed by atoms with E-state index in [1.165, 1.54) is 0 Å². The minimum atomic E-state index is -0.114. The van der Waals surface area contributed by atoms with Crippen molar-refractivity contribution in [3.63, 3.8) is 0 Å². The summed E-state index contributed by atoms with van der Waals surface area (Å²) in [6.45, 7) is 7.88. The van der Waals surface area contributed by atoms with E-state index in [4.69, 9.17) is 4.52 Å². The number of aliphatic hydroxyl groups excluding tert-OH is 1. The Balaban J connectivity index is 1.50. The normalized spacial score (nSPS) is 32.0. The van der Waals surface area contributed by atoms with Gasteiger partial charge in [-0.15, -0.1) is 0 Å². The lowest BCUT2D eigenvalue weighted by atomic mass is 9.48. The van der Waals surface area contributed by atoms with Crippen molar-refractivity contribution < 1.29 is 14.4 Å². The summed E-state index contributed by atoms with van der Waals surface area (Å²) in [5, 5.41) is 13.9. The lowest BCUT2D eigenvalue weighted by molar-refractivity contribution is -0.0977. The van der Waals surface area contributed by atoms with E-state index in [1.54, 1.807) is 6.07 Å². The van der Waals surface area contributed by atoms with Crippen LogP contribution in [0.2, 0.25) is 0 Å². The number of likely N-dealkylation sites (tertiary alicyclic amines) is 1. The Bertz CT molecular complexity index is 620. The third-order valence-corrected chi connectivity index (χ3v) is 6.14. The van der Waals surface area contributed by atoms with Gasteiger partial charge in [0.15, 0.2) is 5.82 Å². The molecule has 0 bridgehead atoms. The molecule has 1 aliphatic carbocycles. The average Bonchev–Trinajstić information content (AvgIpc) is 3.24. The van der Waals surface area contributed by atoms with Gasteiger partial charge in [0.05, 0.1) is 6.61 Å². The number of carbonyl (C=O) groups is 1. The van der Waals surface area contributed by atoms with Crippen molar-refractivity contribution in [2.45, 2.75) is 33.1 Å². The van der Waals surface area contributed by atoms with E-state index in [1.807, 2.05) is 4.90 Å². The van der Waals surface area contributed by atoms with Gasteiger partial charge < -0.3 is 19.4 Å². The molecule has 0 unspecified atom stereocenters. The third kappa shape index (κ3) is 2.18. The Morgan fingerprint density at radius 3 is 2.78 bits per heavy atom. The molecular weight excluding hydrogens is 294 g/mol. The summed E-state index contributed by atoms with van der Waals surface area (Å²) >= 11 is 0. The largest absolute Gasteiger partial charge is 0.396 e. The lowest BCUT2D eigenvalue weighted by Crippen LogP contribution is -2.54. The van der Waals surface area contributed by atoms with Gasteiger partial charge in [-0.25, -0.2) is 0 Å². The molecule has 1 saturated carbocycles. The molecule has 126 valence electrons. The van der Waals surface area contributed by atoms with Crippen molar-refractivity contribution >= 4 is 11.7 Å². The number of aromatic nitrogens is 1. The number of nitrogens with zero attached hydrogens (tertiary/aromatic N) is 3. The van der Waals surface area contributed by atoms with Gasteiger partial charge in [-0.2, -0.15) is 0 Å². The summed E-state index contributed by atoms with van der Waals surface area (Å²) < 4.78 is 5.32. The van der Waals surface area contributed by atoms with Crippen molar-refractivity contribution in [1.82, 2.24) is 10.1 Å². The lowest BCUT2D eigenvalue weighted by Gasteiger charge is -2.55. The van der Waals surface area contributed by atoms with Crippen LogP contribution < -0.4 is 4.90 Å². The van der Waals surface area contributed by atoms with Crippen LogP contribution in [0.4, 0.5) is 5.82 Å². The summed E-state index contributed by atoms with van der Waals surface area (Å²) in [5.74, 6) is 1.36. The smallest absolute Gasteiger partial charge is 0.292 e. The highest BCUT2D eigenvalue weighted by Gasteiger charge is 2.63. The van der Waals surface area contributed by atoms with Crippen LogP contribution in [0.25, 0.3) is 0 Å². The molecule has 2 aliphatic heterocycles. The standard InChI is InChI=1S/C17H25N3O3/c1-16(2)9-17(11-21)10-20(8-13(16)17)15(22)12-7-14(18-23-12)19-5-3-4-6-19/h7,13,21H,3-6,8-11H2,1-2H3/t13-,17-/m1/s1. The Labute approximate surface area is 136 Å². The van der Waals surface area contributed by atoms with Crippen molar-refractivity contribution in [2.75, 3.05) is 37.7 Å². The quantitative estimate of drug-likeness (QED) is 0.919. The summed E-state index contributed by atoms with van der Waals surface area (Å²) in [7, 11) is 0. The molecule has 6 heteroatoms. The van der Waals surface area contributed by atoms with Gasteiger partial charge in [0.25, 0.3) is 5.91 Å². The highest BCUT2D eigenvalue weighted by molar-refractivity contribution is 5.92. The zero-order chi connectivity index (χ0) is 16.2. The first-order valence-electron chi connectivity index (χ1n) is 8.57. The molecule has 0 spiro atoms. The maximum absolute atomic E-state index is 12.8. The Morgan fingerprint density at radius 1 is 1.43 bits per heavy atom. The Morgan fingerprint density at radius 2 is 2.17 bits per heavy atom. The molecule has 0 aromatic carbocycles. The van der Waals surface area contributed by atoms with Crippen LogP contribution in [0.3, 0.4) is 0 Å². The van der Waals surface area contributed by atoms with Gasteiger partial charge >= 0.3 is 0 Å². The number of hydrogen-bond acceptors (Lipinski definition) is 5. The van der Waals surface area contributed by atoms with E-state index >= 15 is 0 Å². The molecule has 23 heavy (non-hydrogen) atoms. The fourth-order valence-electron chi connectivity index (χ4n) is 5.11. The van der Waals surface area contributed by atoms with E-state index in [0.29, 0.717) is 24.8 Å². The predicted molar refractivity (Wildman–Crippen MR) is 85.3 cm³/mol. The summed E-state index contributed by atoms with van der Waals surface area (Å²) in [4.78, 5) is 16.8. The molecule has 3 heterocycles. The maximum Gasteiger partial charge on any atom is 0.292 e. The average molecular weight is 319 g/mol. The third-order valence-electron chi connectivity index (χ3n) is 6.14. The molecule has 1 aromatic heterocycles. The van der Waals surface area contributed by atoms with E-state index in [2.05, 4.69) is 23.9 Å². The highest BCUT2D eigenvalue weighted by Crippen LogP contribution is 2.62. The minimum absolute atomic E-state index is 0.0963. The van der Waals surface area contributed by atoms with Gasteiger partial charge in [-0.1, -0.05) is 19.0 Å². The van der Waals surface area contributed by atoms with E-state index in [9.17, 15) is 9.90 Å². The Kier molecular flexibility index (Phi) is 3.24. The summed E-state index contributed by atoms with van der Waals surface area (Å²) in [5.41, 5.74) is 0.0802. The number of amides is 1. The summed E-state index contributed by atoms with van der Waals surface area (Å²) in [6, 6.07) is 1.77. The first-order chi connectivity index (χ1) is 11.0. The molecule has 1 aromatic rings. The van der Waals surface area contributed by atoms with Crippen LogP contribution in [0.1, 0.15) is 43.7 Å². The molecule has 3 fully saturated rings. The second-order valence-electron chi connectivity index (χ2n) is 8.17. The maximum atomic E-state index is 12.8.